The van der Waals surface area contributed by atoms with Crippen molar-refractivity contribution in [3.8, 4) is 0 Å². The second kappa shape index (κ2) is 8.59. The Bertz CT molecular complexity index is 1260. The zero-order valence-corrected chi connectivity index (χ0v) is 16.8. The first-order chi connectivity index (χ1) is 14.3. The second-order valence-electron chi connectivity index (χ2n) is 6.46. The number of hydrogen-bond donors (Lipinski definition) is 2. The Labute approximate surface area is 174 Å². The third-order valence-electron chi connectivity index (χ3n) is 4.36. The molecule has 1 amide bonds. The van der Waals surface area contributed by atoms with Gasteiger partial charge in [0.05, 0.1) is 16.0 Å². The van der Waals surface area contributed by atoms with Crippen molar-refractivity contribution in [1.82, 2.24) is 4.72 Å². The first kappa shape index (κ1) is 20.8. The second-order valence-corrected chi connectivity index (χ2v) is 8.14. The topological polar surface area (TPSA) is 112 Å². The van der Waals surface area contributed by atoms with Crippen LogP contribution in [0, 0.1) is 12.3 Å². The minimum absolute atomic E-state index is 0.0192. The van der Waals surface area contributed by atoms with Crippen molar-refractivity contribution in [2.75, 3.05) is 0 Å². The van der Waals surface area contributed by atoms with Gasteiger partial charge in [-0.3, -0.25) is 4.79 Å². The van der Waals surface area contributed by atoms with Crippen LogP contribution in [0.1, 0.15) is 27.0 Å². The van der Waals surface area contributed by atoms with E-state index in [0.29, 0.717) is 5.56 Å². The molecule has 0 aromatic heterocycles. The Balaban J connectivity index is 2.01. The smallest absolute Gasteiger partial charge is 0.433 e. The minimum atomic E-state index is -4.11. The summed E-state index contributed by atoms with van der Waals surface area (Å²) < 4.78 is 27.1. The largest absolute Gasteiger partial charge is 0.501 e. The molecule has 0 fully saturated rings. The van der Waals surface area contributed by atoms with Crippen LogP contribution in [0.2, 0.25) is 0 Å². The van der Waals surface area contributed by atoms with Crippen molar-refractivity contribution < 1.29 is 18.3 Å². The predicted molar refractivity (Wildman–Crippen MR) is 113 cm³/mol. The quantitative estimate of drug-likeness (QED) is 0.362. The van der Waals surface area contributed by atoms with Crippen LogP contribution in [0.5, 0.6) is 0 Å². The molecule has 2 N–H and O–H groups in total. The fourth-order valence-electron chi connectivity index (χ4n) is 2.81. The Hall–Kier alpha value is -3.96. The maximum absolute atomic E-state index is 12.8. The van der Waals surface area contributed by atoms with Gasteiger partial charge in [0.2, 0.25) is 11.2 Å². The Kier molecular flexibility index (Phi) is 5.95. The zero-order chi connectivity index (χ0) is 21.7. The molecular weight excluding hydrogens is 402 g/mol. The molecule has 7 nitrogen and oxygen atoms in total. The van der Waals surface area contributed by atoms with Gasteiger partial charge < -0.3 is 5.11 Å². The lowest BCUT2D eigenvalue weighted by Crippen LogP contribution is -2.31. The number of aliphatic hydroxyl groups is 1. The molecule has 0 saturated carbocycles. The average Bonchev–Trinajstić information content (AvgIpc) is 2.75. The standard InChI is InChI=1S/C22H17N3O4S/c1-15-11-13-17(14-12-15)30(28,29)25-22(27)19-10-6-5-9-18(19)21(26)20(24-23)16-7-3-2-4-8-16/h2-14H,1H3,(H-,25,26,27)/p+1/b21-20-. The van der Waals surface area contributed by atoms with Gasteiger partial charge in [0, 0.05) is 5.56 Å². The molecule has 30 heavy (non-hydrogen) atoms. The van der Waals surface area contributed by atoms with E-state index in [1.165, 1.54) is 30.3 Å². The Morgan fingerprint density at radius 3 is 2.07 bits per heavy atom. The molecule has 150 valence electrons. The third kappa shape index (κ3) is 4.37. The fourth-order valence-corrected chi connectivity index (χ4v) is 3.77. The van der Waals surface area contributed by atoms with E-state index in [0.717, 1.165) is 5.56 Å². The molecule has 0 heterocycles. The maximum Gasteiger partial charge on any atom is 0.433 e. The van der Waals surface area contributed by atoms with Crippen LogP contribution in [0.3, 0.4) is 0 Å². The molecule has 0 spiro atoms. The molecule has 8 heteroatoms. The highest BCUT2D eigenvalue weighted by atomic mass is 32.2. The molecule has 0 saturated heterocycles. The number of amides is 1. The van der Waals surface area contributed by atoms with Gasteiger partial charge in [0.15, 0.2) is 4.98 Å². The van der Waals surface area contributed by atoms with Gasteiger partial charge in [-0.1, -0.05) is 54.1 Å². The van der Waals surface area contributed by atoms with Crippen LogP contribution in [0.25, 0.3) is 16.4 Å². The minimum Gasteiger partial charge on any atom is -0.501 e. The summed E-state index contributed by atoms with van der Waals surface area (Å²) in [4.78, 5) is 15.8. The lowest BCUT2D eigenvalue weighted by atomic mass is 10.0. The van der Waals surface area contributed by atoms with E-state index in [4.69, 9.17) is 0 Å². The first-order valence-corrected chi connectivity index (χ1v) is 10.4. The number of nitrogens with one attached hydrogen (secondary N) is 1. The van der Waals surface area contributed by atoms with Gasteiger partial charge in [-0.25, -0.2) is 13.1 Å². The predicted octanol–water partition coefficient (Wildman–Crippen LogP) is 4.35. The van der Waals surface area contributed by atoms with E-state index in [1.807, 2.05) is 11.6 Å². The van der Waals surface area contributed by atoms with Crippen molar-refractivity contribution >= 4 is 27.4 Å². The van der Waals surface area contributed by atoms with Crippen LogP contribution in [0.15, 0.2) is 83.8 Å². The SMILES string of the molecule is Cc1ccc(S(=O)(=O)NC(=O)c2ccccc2/C(O)=C(/[N+]#N)c2ccccc2)cc1. The van der Waals surface area contributed by atoms with E-state index >= 15 is 0 Å². The Morgan fingerprint density at radius 2 is 1.47 bits per heavy atom. The normalized spacial score (nSPS) is 11.9. The molecule has 0 atom stereocenters. The summed E-state index contributed by atoms with van der Waals surface area (Å²) >= 11 is 0. The van der Waals surface area contributed by atoms with Gasteiger partial charge in [-0.15, -0.1) is 0 Å². The van der Waals surface area contributed by atoms with Crippen LogP contribution < -0.4 is 4.72 Å². The number of aliphatic hydroxyl groups excluding tert-OH is 1. The summed E-state index contributed by atoms with van der Waals surface area (Å²) in [6.07, 6.45) is 0. The zero-order valence-electron chi connectivity index (χ0n) is 16.0. The van der Waals surface area contributed by atoms with E-state index in [9.17, 15) is 23.7 Å². The molecule has 3 aromatic rings. The molecule has 0 unspecified atom stereocenters. The number of hydrogen-bond acceptors (Lipinski definition) is 5. The molecule has 0 bridgehead atoms. The van der Waals surface area contributed by atoms with Crippen LogP contribution in [-0.2, 0) is 10.0 Å². The molecule has 3 aromatic carbocycles. The summed E-state index contributed by atoms with van der Waals surface area (Å²) in [5.41, 5.74) is 1.06. The summed E-state index contributed by atoms with van der Waals surface area (Å²) in [7, 11) is -4.11. The number of sulfonamides is 1. The number of carbonyl (C=O) groups is 1. The molecule has 0 radical (unpaired) electrons. The number of rotatable bonds is 5. The van der Waals surface area contributed by atoms with Gasteiger partial charge in [-0.05, 0) is 37.3 Å². The molecular formula is C22H18N3O4S+. The fraction of sp³-hybridized carbons (Fsp3) is 0.0455. The maximum atomic E-state index is 12.8. The average molecular weight is 420 g/mol. The number of nitrogens with zero attached hydrogens (tertiary/aromatic N) is 2. The third-order valence-corrected chi connectivity index (χ3v) is 5.70. The summed E-state index contributed by atoms with van der Waals surface area (Å²) in [5.74, 6) is -1.40. The van der Waals surface area contributed by atoms with E-state index in [1.54, 1.807) is 48.5 Å². The first-order valence-electron chi connectivity index (χ1n) is 8.90. The van der Waals surface area contributed by atoms with Crippen LogP contribution in [0.4, 0.5) is 0 Å². The van der Waals surface area contributed by atoms with Gasteiger partial charge >= 0.3 is 5.70 Å². The molecule has 0 aliphatic carbocycles. The number of benzene rings is 3. The molecule has 0 aliphatic rings. The van der Waals surface area contributed by atoms with Crippen molar-refractivity contribution in [2.45, 2.75) is 11.8 Å². The summed E-state index contributed by atoms with van der Waals surface area (Å²) in [5, 5.41) is 20.1. The lowest BCUT2D eigenvalue weighted by molar-refractivity contribution is 0.0980. The highest BCUT2D eigenvalue weighted by Gasteiger charge is 2.27. The van der Waals surface area contributed by atoms with Crippen molar-refractivity contribution in [3.05, 3.63) is 106 Å². The number of carbonyl (C=O) groups excluding carboxylic acids is 1. The van der Waals surface area contributed by atoms with Crippen molar-refractivity contribution in [3.63, 3.8) is 0 Å². The van der Waals surface area contributed by atoms with Gasteiger partial charge in [-0.2, -0.15) is 0 Å². The van der Waals surface area contributed by atoms with Crippen LogP contribution in [-0.4, -0.2) is 19.4 Å². The summed E-state index contributed by atoms with van der Waals surface area (Å²) in [6, 6.07) is 20.3. The van der Waals surface area contributed by atoms with Crippen LogP contribution >= 0.6 is 0 Å². The number of diazo groups is 1. The highest BCUT2D eigenvalue weighted by molar-refractivity contribution is 7.90. The monoisotopic (exact) mass is 420 g/mol. The number of aryl methyl sites for hydroxylation is 1. The van der Waals surface area contributed by atoms with Crippen molar-refractivity contribution in [1.29, 1.82) is 5.39 Å². The van der Waals surface area contributed by atoms with Gasteiger partial charge in [0.25, 0.3) is 15.9 Å². The molecule has 3 rings (SSSR count). The van der Waals surface area contributed by atoms with Gasteiger partial charge in [0.1, 0.15) is 0 Å². The van der Waals surface area contributed by atoms with E-state index in [2.05, 4.69) is 4.98 Å². The highest BCUT2D eigenvalue weighted by Crippen LogP contribution is 2.28. The Morgan fingerprint density at radius 1 is 0.900 bits per heavy atom. The summed E-state index contributed by atoms with van der Waals surface area (Å²) in [6.45, 7) is 1.82. The van der Waals surface area contributed by atoms with E-state index < -0.39 is 21.7 Å². The van der Waals surface area contributed by atoms with Crippen molar-refractivity contribution in [2.24, 2.45) is 0 Å². The molecule has 0 aliphatic heterocycles. The lowest BCUT2D eigenvalue weighted by Gasteiger charge is -2.10. The van der Waals surface area contributed by atoms with E-state index in [-0.39, 0.29) is 21.7 Å².